The van der Waals surface area contributed by atoms with Crippen LogP contribution in [0.5, 0.6) is 0 Å². The third kappa shape index (κ3) is 4.81. The van der Waals surface area contributed by atoms with Gasteiger partial charge in [-0.1, -0.05) is 148 Å². The summed E-state index contributed by atoms with van der Waals surface area (Å²) in [6, 6.07) is 48.7. The van der Waals surface area contributed by atoms with Crippen molar-refractivity contribution in [2.45, 2.75) is 26.8 Å². The Morgan fingerprint density at radius 1 is 0.595 bits per heavy atom. The van der Waals surface area contributed by atoms with Crippen molar-refractivity contribution in [2.75, 3.05) is 6.61 Å². The smallest absolute Gasteiger partial charge is 0.217 e. The first kappa shape index (κ1) is 26.6. The molecule has 1 aliphatic heterocycles. The fourth-order valence-electron chi connectivity index (χ4n) is 5.97. The van der Waals surface area contributed by atoms with Crippen molar-refractivity contribution in [2.24, 2.45) is 10.4 Å². The van der Waals surface area contributed by atoms with Gasteiger partial charge in [0, 0.05) is 11.1 Å². The maximum Gasteiger partial charge on any atom is 0.217 e. The van der Waals surface area contributed by atoms with Crippen LogP contribution in [-0.4, -0.2) is 18.5 Å². The molecule has 0 bridgehead atoms. The van der Waals surface area contributed by atoms with Gasteiger partial charge in [0.1, 0.15) is 6.61 Å². The highest BCUT2D eigenvalue weighted by Crippen LogP contribution is 2.44. The largest absolute Gasteiger partial charge is 0.475 e. The quantitative estimate of drug-likeness (QED) is 0.193. The number of aliphatic imine (C=N–C) groups is 1. The van der Waals surface area contributed by atoms with E-state index < -0.39 is 7.92 Å². The number of rotatable bonds is 5. The third-order valence-corrected chi connectivity index (χ3v) is 10.7. The van der Waals surface area contributed by atoms with Crippen LogP contribution in [0.25, 0.3) is 32.7 Å². The predicted molar refractivity (Wildman–Crippen MR) is 181 cm³/mol. The topological polar surface area (TPSA) is 21.6 Å². The minimum atomic E-state index is -0.852. The number of hydrogen-bond donors (Lipinski definition) is 0. The van der Waals surface area contributed by atoms with Crippen molar-refractivity contribution in [1.29, 1.82) is 0 Å². The van der Waals surface area contributed by atoms with E-state index in [1.807, 2.05) is 0 Å². The molecule has 0 amide bonds. The van der Waals surface area contributed by atoms with Gasteiger partial charge in [0.25, 0.3) is 0 Å². The lowest BCUT2D eigenvalue weighted by atomic mass is 9.88. The normalized spacial score (nSPS) is 15.2. The molecular formula is C39H34NOP. The number of hydrogen-bond acceptors (Lipinski definition) is 2. The van der Waals surface area contributed by atoms with Gasteiger partial charge in [-0.25, -0.2) is 4.99 Å². The highest BCUT2D eigenvalue weighted by molar-refractivity contribution is 7.80. The highest BCUT2D eigenvalue weighted by atomic mass is 31.1. The van der Waals surface area contributed by atoms with Crippen LogP contribution in [-0.2, 0) is 4.74 Å². The van der Waals surface area contributed by atoms with E-state index in [9.17, 15) is 0 Å². The zero-order valence-corrected chi connectivity index (χ0v) is 25.2. The molecule has 0 saturated heterocycles. The fourth-order valence-corrected chi connectivity index (χ4v) is 8.45. The minimum Gasteiger partial charge on any atom is -0.475 e. The van der Waals surface area contributed by atoms with Crippen molar-refractivity contribution in [3.05, 3.63) is 139 Å². The molecule has 0 unspecified atom stereocenters. The molecule has 42 heavy (non-hydrogen) atoms. The molecule has 0 radical (unpaired) electrons. The average Bonchev–Trinajstić information content (AvgIpc) is 3.53. The monoisotopic (exact) mass is 563 g/mol. The summed E-state index contributed by atoms with van der Waals surface area (Å²) in [7, 11) is -0.852. The van der Waals surface area contributed by atoms with E-state index in [2.05, 4.69) is 154 Å². The van der Waals surface area contributed by atoms with Crippen molar-refractivity contribution in [3.63, 3.8) is 0 Å². The highest BCUT2D eigenvalue weighted by Gasteiger charge is 2.33. The summed E-state index contributed by atoms with van der Waals surface area (Å²) < 4.78 is 6.43. The van der Waals surface area contributed by atoms with Crippen molar-refractivity contribution in [3.8, 4) is 11.1 Å². The Kier molecular flexibility index (Phi) is 6.88. The summed E-state index contributed by atoms with van der Waals surface area (Å²) in [6.45, 7) is 7.33. The van der Waals surface area contributed by atoms with Crippen LogP contribution in [0.4, 0.5) is 0 Å². The number of ether oxygens (including phenoxy) is 1. The first-order chi connectivity index (χ1) is 20.5. The van der Waals surface area contributed by atoms with Crippen molar-refractivity contribution >= 4 is 51.3 Å². The Labute approximate surface area is 249 Å². The van der Waals surface area contributed by atoms with Gasteiger partial charge in [0.05, 0.1) is 6.04 Å². The molecule has 7 rings (SSSR count). The van der Waals surface area contributed by atoms with Gasteiger partial charge in [-0.3, -0.25) is 0 Å². The van der Waals surface area contributed by atoms with Crippen LogP contribution >= 0.6 is 7.92 Å². The second-order valence-corrected chi connectivity index (χ2v) is 14.2. The molecule has 0 spiro atoms. The van der Waals surface area contributed by atoms with E-state index in [4.69, 9.17) is 9.73 Å². The number of fused-ring (bicyclic) bond motifs is 2. The molecule has 1 aliphatic rings. The van der Waals surface area contributed by atoms with Crippen LogP contribution in [0, 0.1) is 5.41 Å². The summed E-state index contributed by atoms with van der Waals surface area (Å²) in [5.41, 5.74) is 3.56. The van der Waals surface area contributed by atoms with Crippen LogP contribution < -0.4 is 15.9 Å². The molecule has 206 valence electrons. The maximum absolute atomic E-state index is 6.43. The standard InChI is InChI=1S/C39H34NOP/c1-39(2,3)35-26-41-38(40-35)33-24-22-27-14-10-12-20-31(27)36(33)37-32-21-13-11-15-28(32)23-25-34(37)42(29-16-6-4-7-17-29)30-18-8-5-9-19-30/h4-25,35H,26H2,1-3H3/t35-/m0/s1. The van der Waals surface area contributed by atoms with Gasteiger partial charge >= 0.3 is 0 Å². The molecule has 0 fully saturated rings. The lowest BCUT2D eigenvalue weighted by Crippen LogP contribution is -2.25. The molecule has 3 heteroatoms. The molecule has 0 aromatic heterocycles. The van der Waals surface area contributed by atoms with Gasteiger partial charge in [0.15, 0.2) is 0 Å². The van der Waals surface area contributed by atoms with Crippen LogP contribution in [0.2, 0.25) is 0 Å². The van der Waals surface area contributed by atoms with Crippen molar-refractivity contribution < 1.29 is 4.74 Å². The van der Waals surface area contributed by atoms with Crippen molar-refractivity contribution in [1.82, 2.24) is 0 Å². The average molecular weight is 564 g/mol. The molecule has 1 atom stereocenters. The molecule has 1 heterocycles. The molecular weight excluding hydrogens is 529 g/mol. The van der Waals surface area contributed by atoms with E-state index in [-0.39, 0.29) is 11.5 Å². The fraction of sp³-hybridized carbons (Fsp3) is 0.154. The summed E-state index contributed by atoms with van der Waals surface area (Å²) in [4.78, 5) is 5.19. The van der Waals surface area contributed by atoms with Gasteiger partial charge in [-0.15, -0.1) is 0 Å². The lowest BCUT2D eigenvalue weighted by molar-refractivity contribution is 0.236. The second-order valence-electron chi connectivity index (χ2n) is 12.0. The molecule has 0 aliphatic carbocycles. The summed E-state index contributed by atoms with van der Waals surface area (Å²) >= 11 is 0. The van der Waals surface area contributed by atoms with Crippen LogP contribution in [0.1, 0.15) is 26.3 Å². The van der Waals surface area contributed by atoms with Gasteiger partial charge in [0.2, 0.25) is 5.90 Å². The van der Waals surface area contributed by atoms with E-state index in [1.165, 1.54) is 48.6 Å². The third-order valence-electron chi connectivity index (χ3n) is 8.24. The molecule has 2 nitrogen and oxygen atoms in total. The number of nitrogens with zero attached hydrogens (tertiary/aromatic N) is 1. The zero-order chi connectivity index (χ0) is 28.7. The summed E-state index contributed by atoms with van der Waals surface area (Å²) in [6.07, 6.45) is 0. The molecule has 6 aromatic carbocycles. The van der Waals surface area contributed by atoms with Gasteiger partial charge in [-0.2, -0.15) is 0 Å². The van der Waals surface area contributed by atoms with Crippen LogP contribution in [0.3, 0.4) is 0 Å². The second kappa shape index (κ2) is 10.9. The first-order valence-electron chi connectivity index (χ1n) is 14.6. The minimum absolute atomic E-state index is 0.0261. The van der Waals surface area contributed by atoms with E-state index in [0.29, 0.717) is 6.61 Å². The predicted octanol–water partition coefficient (Wildman–Crippen LogP) is 8.61. The first-order valence-corrected chi connectivity index (χ1v) is 16.0. The van der Waals surface area contributed by atoms with Crippen LogP contribution in [0.15, 0.2) is 138 Å². The maximum atomic E-state index is 6.43. The van der Waals surface area contributed by atoms with Gasteiger partial charge < -0.3 is 4.74 Å². The van der Waals surface area contributed by atoms with Gasteiger partial charge in [-0.05, 0) is 62.4 Å². The Balaban J connectivity index is 1.60. The SMILES string of the molecule is CC(C)(C)[C@@H]1COC(c2ccc3ccccc3c2-c2c(P(c3ccccc3)c3ccccc3)ccc3ccccc23)=N1. The van der Waals surface area contributed by atoms with E-state index in [1.54, 1.807) is 0 Å². The lowest BCUT2D eigenvalue weighted by Gasteiger charge is -2.25. The zero-order valence-electron chi connectivity index (χ0n) is 24.3. The Hall–Kier alpha value is -4.26. The van der Waals surface area contributed by atoms with E-state index in [0.717, 1.165) is 11.5 Å². The molecule has 0 saturated carbocycles. The Morgan fingerprint density at radius 2 is 1.12 bits per heavy atom. The number of benzene rings is 6. The summed E-state index contributed by atoms with van der Waals surface area (Å²) in [5.74, 6) is 0.748. The molecule has 0 N–H and O–H groups in total. The van der Waals surface area contributed by atoms with E-state index >= 15 is 0 Å². The Bertz CT molecular complexity index is 1880. The Morgan fingerprint density at radius 3 is 1.69 bits per heavy atom. The summed E-state index contributed by atoms with van der Waals surface area (Å²) in [5, 5.41) is 8.91. The molecule has 6 aromatic rings.